The van der Waals surface area contributed by atoms with Crippen LogP contribution in [0.3, 0.4) is 0 Å². The van der Waals surface area contributed by atoms with Gasteiger partial charge in [-0.1, -0.05) is 6.92 Å². The molecular formula is C11H24N2O3. The van der Waals surface area contributed by atoms with Crippen molar-refractivity contribution < 1.29 is 14.6 Å². The minimum absolute atomic E-state index is 0.289. The van der Waals surface area contributed by atoms with Crippen LogP contribution in [-0.2, 0) is 9.53 Å². The lowest BCUT2D eigenvalue weighted by molar-refractivity contribution is -0.143. The molecule has 0 rings (SSSR count). The summed E-state index contributed by atoms with van der Waals surface area (Å²) in [5, 5.41) is 13.0. The first-order chi connectivity index (χ1) is 7.32. The number of carbonyl (C=O) groups excluding carboxylic acids is 1. The summed E-state index contributed by atoms with van der Waals surface area (Å²) in [4.78, 5) is 13.2. The van der Waals surface area contributed by atoms with E-state index in [2.05, 4.69) is 10.1 Å². The summed E-state index contributed by atoms with van der Waals surface area (Å²) in [5.74, 6) is -0.289. The van der Waals surface area contributed by atoms with Crippen molar-refractivity contribution in [2.75, 3.05) is 34.3 Å². The number of nitrogens with one attached hydrogen (secondary N) is 1. The maximum Gasteiger partial charge on any atom is 0.322 e. The third-order valence-corrected chi connectivity index (χ3v) is 2.28. The molecule has 0 radical (unpaired) electrons. The first-order valence-electron chi connectivity index (χ1n) is 5.50. The van der Waals surface area contributed by atoms with Gasteiger partial charge in [-0.25, -0.2) is 0 Å². The van der Waals surface area contributed by atoms with Gasteiger partial charge in [0, 0.05) is 13.1 Å². The van der Waals surface area contributed by atoms with Crippen molar-refractivity contribution in [2.24, 2.45) is 0 Å². The molecule has 5 heteroatoms. The fourth-order valence-corrected chi connectivity index (χ4v) is 1.62. The van der Waals surface area contributed by atoms with Crippen LogP contribution in [0.5, 0.6) is 0 Å². The molecule has 0 aliphatic carbocycles. The van der Waals surface area contributed by atoms with Crippen molar-refractivity contribution in [1.29, 1.82) is 0 Å². The molecule has 2 N–H and O–H groups in total. The van der Waals surface area contributed by atoms with Crippen LogP contribution in [0.15, 0.2) is 0 Å². The SMILES string of the molecule is CCC(NCC(C)(O)CN(C)C)C(=O)OC. The number of ether oxygens (including phenoxy) is 1. The number of likely N-dealkylation sites (N-methyl/N-ethyl adjacent to an activating group) is 1. The molecule has 0 saturated heterocycles. The number of hydrogen-bond donors (Lipinski definition) is 2. The van der Waals surface area contributed by atoms with Gasteiger partial charge in [0.15, 0.2) is 0 Å². The molecule has 0 aromatic heterocycles. The molecule has 0 aliphatic rings. The van der Waals surface area contributed by atoms with E-state index in [1.54, 1.807) is 6.92 Å². The Morgan fingerprint density at radius 2 is 2.12 bits per heavy atom. The molecule has 0 aromatic carbocycles. The number of methoxy groups -OCH3 is 1. The second kappa shape index (κ2) is 6.83. The van der Waals surface area contributed by atoms with Gasteiger partial charge in [-0.2, -0.15) is 0 Å². The maximum absolute atomic E-state index is 11.3. The Labute approximate surface area is 97.8 Å². The van der Waals surface area contributed by atoms with Gasteiger partial charge < -0.3 is 20.1 Å². The summed E-state index contributed by atoms with van der Waals surface area (Å²) in [6, 6.07) is -0.348. The van der Waals surface area contributed by atoms with Gasteiger partial charge in [-0.15, -0.1) is 0 Å². The molecule has 0 aliphatic heterocycles. The number of rotatable bonds is 7. The highest BCUT2D eigenvalue weighted by atomic mass is 16.5. The Bertz CT molecular complexity index is 217. The molecule has 0 aromatic rings. The molecule has 0 heterocycles. The van der Waals surface area contributed by atoms with Crippen LogP contribution in [-0.4, -0.2) is 61.9 Å². The van der Waals surface area contributed by atoms with E-state index >= 15 is 0 Å². The fourth-order valence-electron chi connectivity index (χ4n) is 1.62. The normalized spacial score (nSPS) is 16.9. The number of esters is 1. The monoisotopic (exact) mass is 232 g/mol. The lowest BCUT2D eigenvalue weighted by Gasteiger charge is -2.28. The van der Waals surface area contributed by atoms with Gasteiger partial charge in [-0.3, -0.25) is 4.79 Å². The highest BCUT2D eigenvalue weighted by molar-refractivity contribution is 5.75. The standard InChI is InChI=1S/C11H24N2O3/c1-6-9(10(14)16-5)12-7-11(2,15)8-13(3)4/h9,12,15H,6-8H2,1-5H3. The van der Waals surface area contributed by atoms with E-state index in [1.165, 1.54) is 7.11 Å². The first-order valence-corrected chi connectivity index (χ1v) is 5.50. The van der Waals surface area contributed by atoms with Gasteiger partial charge >= 0.3 is 5.97 Å². The number of nitrogens with zero attached hydrogens (tertiary/aromatic N) is 1. The second-order valence-electron chi connectivity index (χ2n) is 4.60. The highest BCUT2D eigenvalue weighted by Gasteiger charge is 2.24. The summed E-state index contributed by atoms with van der Waals surface area (Å²) >= 11 is 0. The summed E-state index contributed by atoms with van der Waals surface area (Å²) in [5.41, 5.74) is -0.856. The maximum atomic E-state index is 11.3. The van der Waals surface area contributed by atoms with E-state index in [1.807, 2.05) is 25.9 Å². The Kier molecular flexibility index (Phi) is 6.55. The zero-order valence-corrected chi connectivity index (χ0v) is 10.9. The Balaban J connectivity index is 4.14. The molecule has 0 bridgehead atoms. The fraction of sp³-hybridized carbons (Fsp3) is 0.909. The first kappa shape index (κ1) is 15.3. The predicted octanol–water partition coefficient (Wildman–Crippen LogP) is -0.160. The van der Waals surface area contributed by atoms with Crippen LogP contribution in [0.2, 0.25) is 0 Å². The van der Waals surface area contributed by atoms with Crippen LogP contribution in [0.1, 0.15) is 20.3 Å². The Morgan fingerprint density at radius 1 is 1.56 bits per heavy atom. The van der Waals surface area contributed by atoms with Gasteiger partial charge in [0.25, 0.3) is 0 Å². The average molecular weight is 232 g/mol. The zero-order valence-electron chi connectivity index (χ0n) is 10.9. The molecule has 96 valence electrons. The molecule has 0 fully saturated rings. The van der Waals surface area contributed by atoms with E-state index in [0.717, 1.165) is 0 Å². The van der Waals surface area contributed by atoms with Crippen molar-refractivity contribution in [3.8, 4) is 0 Å². The lowest BCUT2D eigenvalue weighted by Crippen LogP contribution is -2.50. The van der Waals surface area contributed by atoms with Crippen molar-refractivity contribution >= 4 is 5.97 Å². The smallest absolute Gasteiger partial charge is 0.322 e. The summed E-state index contributed by atoms with van der Waals surface area (Å²) in [6.07, 6.45) is 0.644. The second-order valence-corrected chi connectivity index (χ2v) is 4.60. The quantitative estimate of drug-likeness (QED) is 0.597. The molecule has 5 nitrogen and oxygen atoms in total. The topological polar surface area (TPSA) is 61.8 Å². The minimum Gasteiger partial charge on any atom is -0.468 e. The van der Waals surface area contributed by atoms with Crippen LogP contribution in [0, 0.1) is 0 Å². The van der Waals surface area contributed by atoms with Gasteiger partial charge in [-0.05, 0) is 27.4 Å². The van der Waals surface area contributed by atoms with Crippen LogP contribution >= 0.6 is 0 Å². The van der Waals surface area contributed by atoms with E-state index in [9.17, 15) is 9.90 Å². The Hall–Kier alpha value is -0.650. The Morgan fingerprint density at radius 3 is 2.50 bits per heavy atom. The molecule has 0 amide bonds. The third kappa shape index (κ3) is 6.05. The largest absolute Gasteiger partial charge is 0.468 e. The van der Waals surface area contributed by atoms with Crippen LogP contribution < -0.4 is 5.32 Å². The van der Waals surface area contributed by atoms with Crippen LogP contribution in [0.25, 0.3) is 0 Å². The average Bonchev–Trinajstić information content (AvgIpc) is 2.16. The number of carbonyl (C=O) groups is 1. The molecule has 0 spiro atoms. The highest BCUT2D eigenvalue weighted by Crippen LogP contribution is 2.04. The van der Waals surface area contributed by atoms with Crippen molar-refractivity contribution in [2.45, 2.75) is 31.9 Å². The predicted molar refractivity (Wildman–Crippen MR) is 63.3 cm³/mol. The summed E-state index contributed by atoms with van der Waals surface area (Å²) in [7, 11) is 5.16. The van der Waals surface area contributed by atoms with E-state index in [-0.39, 0.29) is 12.0 Å². The van der Waals surface area contributed by atoms with Crippen molar-refractivity contribution in [1.82, 2.24) is 10.2 Å². The van der Waals surface area contributed by atoms with Gasteiger partial charge in [0.2, 0.25) is 0 Å². The van der Waals surface area contributed by atoms with Crippen molar-refractivity contribution in [3.05, 3.63) is 0 Å². The van der Waals surface area contributed by atoms with Crippen LogP contribution in [0.4, 0.5) is 0 Å². The molecule has 0 saturated carbocycles. The van der Waals surface area contributed by atoms with Gasteiger partial charge in [0.05, 0.1) is 12.7 Å². The molecule has 2 atom stereocenters. The molecule has 2 unspecified atom stereocenters. The van der Waals surface area contributed by atoms with E-state index in [0.29, 0.717) is 19.5 Å². The van der Waals surface area contributed by atoms with E-state index < -0.39 is 5.60 Å². The number of aliphatic hydroxyl groups is 1. The number of hydrogen-bond acceptors (Lipinski definition) is 5. The van der Waals surface area contributed by atoms with E-state index in [4.69, 9.17) is 0 Å². The summed E-state index contributed by atoms with van der Waals surface area (Å²) < 4.78 is 4.66. The lowest BCUT2D eigenvalue weighted by atomic mass is 10.1. The van der Waals surface area contributed by atoms with Gasteiger partial charge in [0.1, 0.15) is 6.04 Å². The van der Waals surface area contributed by atoms with Crippen molar-refractivity contribution in [3.63, 3.8) is 0 Å². The zero-order chi connectivity index (χ0) is 12.8. The minimum atomic E-state index is -0.856. The molecule has 16 heavy (non-hydrogen) atoms. The third-order valence-electron chi connectivity index (χ3n) is 2.28. The summed E-state index contributed by atoms with van der Waals surface area (Å²) in [6.45, 7) is 4.54. The molecular weight excluding hydrogens is 208 g/mol.